The fourth-order valence-corrected chi connectivity index (χ4v) is 1.50. The van der Waals surface area contributed by atoms with Gasteiger partial charge in [-0.15, -0.1) is 0 Å². The highest BCUT2D eigenvalue weighted by molar-refractivity contribution is 5.44. The summed E-state index contributed by atoms with van der Waals surface area (Å²) in [7, 11) is 0. The third-order valence-electron chi connectivity index (χ3n) is 2.34. The van der Waals surface area contributed by atoms with Crippen LogP contribution >= 0.6 is 0 Å². The molecular formula is C15H15N. The molecule has 0 aromatic heterocycles. The molecule has 0 amide bonds. The summed E-state index contributed by atoms with van der Waals surface area (Å²) in [4.78, 5) is 0. The Kier molecular flexibility index (Phi) is 3.78. The van der Waals surface area contributed by atoms with Crippen molar-refractivity contribution in [3.63, 3.8) is 0 Å². The van der Waals surface area contributed by atoms with Crippen LogP contribution in [0.25, 0.3) is 0 Å². The van der Waals surface area contributed by atoms with Crippen LogP contribution < -0.4 is 5.32 Å². The summed E-state index contributed by atoms with van der Waals surface area (Å²) < 4.78 is 0. The summed E-state index contributed by atoms with van der Waals surface area (Å²) in [5, 5.41) is 3.23. The third-order valence-corrected chi connectivity index (χ3v) is 2.34. The van der Waals surface area contributed by atoms with Gasteiger partial charge in [0, 0.05) is 5.69 Å². The predicted octanol–water partition coefficient (Wildman–Crippen LogP) is 3.85. The molecule has 16 heavy (non-hydrogen) atoms. The van der Waals surface area contributed by atoms with Gasteiger partial charge in [0.15, 0.2) is 0 Å². The van der Waals surface area contributed by atoms with Crippen molar-refractivity contribution in [1.82, 2.24) is 0 Å². The van der Waals surface area contributed by atoms with Crippen LogP contribution in [0.1, 0.15) is 5.56 Å². The highest BCUT2D eigenvalue weighted by Crippen LogP contribution is 2.05. The van der Waals surface area contributed by atoms with Gasteiger partial charge in [0.25, 0.3) is 0 Å². The zero-order valence-electron chi connectivity index (χ0n) is 9.14. The van der Waals surface area contributed by atoms with Gasteiger partial charge in [-0.25, -0.2) is 0 Å². The van der Waals surface area contributed by atoms with Gasteiger partial charge in [0.1, 0.15) is 0 Å². The largest absolute Gasteiger partial charge is 0.362 e. The van der Waals surface area contributed by atoms with E-state index < -0.39 is 0 Å². The summed E-state index contributed by atoms with van der Waals surface area (Å²) in [5.41, 5.74) is 2.44. The van der Waals surface area contributed by atoms with Crippen LogP contribution in [0.2, 0.25) is 0 Å². The molecule has 0 heterocycles. The first kappa shape index (κ1) is 10.5. The van der Waals surface area contributed by atoms with Crippen molar-refractivity contribution in [2.45, 2.75) is 6.42 Å². The second-order valence-electron chi connectivity index (χ2n) is 3.60. The number of rotatable bonds is 4. The summed E-state index contributed by atoms with van der Waals surface area (Å²) in [6.07, 6.45) is 5.07. The molecule has 2 aromatic carbocycles. The Bertz CT molecular complexity index is 388. The first-order valence-electron chi connectivity index (χ1n) is 5.46. The number of hydrogen-bond donors (Lipinski definition) is 1. The predicted molar refractivity (Wildman–Crippen MR) is 69.4 cm³/mol. The van der Waals surface area contributed by atoms with Crippen LogP contribution in [0.5, 0.6) is 0 Å². The minimum atomic E-state index is 0.959. The van der Waals surface area contributed by atoms with E-state index in [0.29, 0.717) is 0 Å². The molecule has 0 aliphatic rings. The van der Waals surface area contributed by atoms with Gasteiger partial charge in [-0.05, 0) is 30.3 Å². The Morgan fingerprint density at radius 1 is 0.812 bits per heavy atom. The second-order valence-corrected chi connectivity index (χ2v) is 3.60. The zero-order chi connectivity index (χ0) is 11.1. The third kappa shape index (κ3) is 3.28. The van der Waals surface area contributed by atoms with Gasteiger partial charge in [0.2, 0.25) is 0 Å². The monoisotopic (exact) mass is 209 g/mol. The zero-order valence-corrected chi connectivity index (χ0v) is 9.14. The van der Waals surface area contributed by atoms with Crippen LogP contribution in [0.3, 0.4) is 0 Å². The number of benzene rings is 2. The van der Waals surface area contributed by atoms with E-state index in [9.17, 15) is 0 Å². The number of hydrogen-bond acceptors (Lipinski definition) is 1. The maximum Gasteiger partial charge on any atom is 0.0379 e. The molecule has 0 saturated heterocycles. The number of para-hydroxylation sites is 1. The van der Waals surface area contributed by atoms with Gasteiger partial charge in [0.05, 0.1) is 0 Å². The highest BCUT2D eigenvalue weighted by Gasteiger charge is 1.86. The van der Waals surface area contributed by atoms with Crippen molar-refractivity contribution in [2.75, 3.05) is 5.32 Å². The Morgan fingerprint density at radius 2 is 1.44 bits per heavy atom. The van der Waals surface area contributed by atoms with Crippen molar-refractivity contribution in [2.24, 2.45) is 0 Å². The van der Waals surface area contributed by atoms with Crippen LogP contribution in [0.15, 0.2) is 72.9 Å². The van der Waals surface area contributed by atoms with E-state index in [1.54, 1.807) is 0 Å². The van der Waals surface area contributed by atoms with Crippen molar-refractivity contribution in [3.05, 3.63) is 78.5 Å². The van der Waals surface area contributed by atoms with Crippen LogP contribution in [0, 0.1) is 0 Å². The Balaban J connectivity index is 1.83. The fourth-order valence-electron chi connectivity index (χ4n) is 1.50. The summed E-state index contributed by atoms with van der Waals surface area (Å²) in [5.74, 6) is 0. The Labute approximate surface area is 96.4 Å². The summed E-state index contributed by atoms with van der Waals surface area (Å²) in [6, 6.07) is 20.6. The SMILES string of the molecule is C(=CNc1ccccc1)Cc1ccccc1. The average molecular weight is 209 g/mol. The molecule has 0 radical (unpaired) electrons. The van der Waals surface area contributed by atoms with Crippen LogP contribution in [-0.2, 0) is 6.42 Å². The van der Waals surface area contributed by atoms with Crippen molar-refractivity contribution >= 4 is 5.69 Å². The molecule has 0 bridgehead atoms. The topological polar surface area (TPSA) is 12.0 Å². The molecule has 0 atom stereocenters. The van der Waals surface area contributed by atoms with E-state index in [-0.39, 0.29) is 0 Å². The van der Waals surface area contributed by atoms with E-state index in [4.69, 9.17) is 0 Å². The molecule has 0 saturated carbocycles. The van der Waals surface area contributed by atoms with Gasteiger partial charge in [-0.1, -0.05) is 54.6 Å². The van der Waals surface area contributed by atoms with E-state index in [1.807, 2.05) is 42.6 Å². The van der Waals surface area contributed by atoms with Gasteiger partial charge in [-0.2, -0.15) is 0 Å². The molecule has 0 aliphatic heterocycles. The van der Waals surface area contributed by atoms with Crippen molar-refractivity contribution in [1.29, 1.82) is 0 Å². The van der Waals surface area contributed by atoms with E-state index in [2.05, 4.69) is 35.7 Å². The number of allylic oxidation sites excluding steroid dienone is 1. The fraction of sp³-hybridized carbons (Fsp3) is 0.0667. The van der Waals surface area contributed by atoms with Gasteiger partial charge in [-0.3, -0.25) is 0 Å². The molecule has 1 heteroatoms. The molecule has 0 unspecified atom stereocenters. The van der Waals surface area contributed by atoms with Crippen molar-refractivity contribution in [3.8, 4) is 0 Å². The normalized spacial score (nSPS) is 10.5. The number of anilines is 1. The second kappa shape index (κ2) is 5.76. The minimum absolute atomic E-state index is 0.959. The highest BCUT2D eigenvalue weighted by atomic mass is 14.8. The molecule has 1 N–H and O–H groups in total. The lowest BCUT2D eigenvalue weighted by Crippen LogP contribution is -1.87. The molecule has 0 spiro atoms. The first-order valence-corrected chi connectivity index (χ1v) is 5.46. The first-order chi connectivity index (χ1) is 7.95. The molecule has 1 nitrogen and oxygen atoms in total. The van der Waals surface area contributed by atoms with Gasteiger partial charge >= 0.3 is 0 Å². The summed E-state index contributed by atoms with van der Waals surface area (Å²) in [6.45, 7) is 0. The molecule has 2 aromatic rings. The maximum atomic E-state index is 3.23. The lowest BCUT2D eigenvalue weighted by molar-refractivity contribution is 1.26. The lowest BCUT2D eigenvalue weighted by Gasteiger charge is -1.99. The quantitative estimate of drug-likeness (QED) is 0.806. The molecule has 0 fully saturated rings. The smallest absolute Gasteiger partial charge is 0.0379 e. The minimum Gasteiger partial charge on any atom is -0.362 e. The average Bonchev–Trinajstić information content (AvgIpc) is 2.37. The van der Waals surface area contributed by atoms with Crippen LogP contribution in [0.4, 0.5) is 5.69 Å². The van der Waals surface area contributed by atoms with E-state index >= 15 is 0 Å². The number of nitrogens with one attached hydrogen (secondary N) is 1. The maximum absolute atomic E-state index is 3.23. The van der Waals surface area contributed by atoms with Crippen LogP contribution in [-0.4, -0.2) is 0 Å². The van der Waals surface area contributed by atoms with E-state index in [1.165, 1.54) is 5.56 Å². The van der Waals surface area contributed by atoms with Crippen molar-refractivity contribution < 1.29 is 0 Å². The molecule has 2 rings (SSSR count). The Hall–Kier alpha value is -2.02. The van der Waals surface area contributed by atoms with Gasteiger partial charge < -0.3 is 5.32 Å². The lowest BCUT2D eigenvalue weighted by atomic mass is 10.1. The summed E-state index contributed by atoms with van der Waals surface area (Å²) >= 11 is 0. The standard InChI is InChI=1S/C15H15N/c1-3-8-14(9-4-1)10-7-13-16-15-11-5-2-6-12-15/h1-9,11-13,16H,10H2. The van der Waals surface area contributed by atoms with E-state index in [0.717, 1.165) is 12.1 Å². The molecule has 80 valence electrons. The molecular weight excluding hydrogens is 194 g/mol. The Morgan fingerprint density at radius 3 is 2.12 bits per heavy atom. The molecule has 0 aliphatic carbocycles.